The Bertz CT molecular complexity index is 1290. The van der Waals surface area contributed by atoms with Crippen LogP contribution in [-0.4, -0.2) is 49.2 Å². The fraction of sp³-hybridized carbons (Fsp3) is 0.290. The number of para-hydroxylation sites is 2. The van der Waals surface area contributed by atoms with Gasteiger partial charge in [-0.2, -0.15) is 0 Å². The molecule has 0 aliphatic carbocycles. The second kappa shape index (κ2) is 11.9. The van der Waals surface area contributed by atoms with Crippen molar-refractivity contribution in [1.29, 1.82) is 0 Å². The average molecular weight is 513 g/mol. The Hall–Kier alpha value is -4.26. The minimum atomic E-state index is -0.409. The van der Waals surface area contributed by atoms with Crippen molar-refractivity contribution < 1.29 is 23.8 Å². The molecule has 196 valence electrons. The fourth-order valence-electron chi connectivity index (χ4n) is 5.36. The summed E-state index contributed by atoms with van der Waals surface area (Å²) >= 11 is 0. The largest absolute Gasteiger partial charge is 0.492 e. The van der Waals surface area contributed by atoms with Gasteiger partial charge >= 0.3 is 12.0 Å². The van der Waals surface area contributed by atoms with E-state index in [0.717, 1.165) is 28.9 Å². The van der Waals surface area contributed by atoms with Gasteiger partial charge in [0.2, 0.25) is 0 Å². The number of amides is 2. The standard InChI is InChI=1S/C31H32N2O5/c1-36-30(34)29-26(25-14-8-9-15-28(25)38-21-22-10-4-2-5-11-22)20-23-16-17-27(29)33(23)31(35)32-18-19-37-24-12-6-3-7-13-24/h2-15,23,27H,16-21H2,1H3,(H,32,35)/t23-,27+/m0/s1. The molecular formula is C31H32N2O5. The van der Waals surface area contributed by atoms with Crippen molar-refractivity contribution in [1.82, 2.24) is 10.2 Å². The monoisotopic (exact) mass is 512 g/mol. The second-order valence-electron chi connectivity index (χ2n) is 9.41. The summed E-state index contributed by atoms with van der Waals surface area (Å²) < 4.78 is 17.1. The lowest BCUT2D eigenvalue weighted by Gasteiger charge is -2.37. The van der Waals surface area contributed by atoms with Crippen molar-refractivity contribution in [2.24, 2.45) is 0 Å². The zero-order chi connectivity index (χ0) is 26.3. The molecule has 2 aliphatic heterocycles. The summed E-state index contributed by atoms with van der Waals surface area (Å²) in [5.41, 5.74) is 3.36. The molecule has 2 atom stereocenters. The summed E-state index contributed by atoms with van der Waals surface area (Å²) in [4.78, 5) is 28.2. The van der Waals surface area contributed by atoms with Crippen LogP contribution in [0.5, 0.6) is 11.5 Å². The molecular weight excluding hydrogens is 480 g/mol. The minimum Gasteiger partial charge on any atom is -0.492 e. The molecule has 2 heterocycles. The van der Waals surface area contributed by atoms with Crippen molar-refractivity contribution >= 4 is 17.6 Å². The van der Waals surface area contributed by atoms with Gasteiger partial charge in [-0.1, -0.05) is 66.7 Å². The maximum absolute atomic E-state index is 13.3. The minimum absolute atomic E-state index is 0.0133. The molecule has 1 saturated heterocycles. The molecule has 3 aromatic carbocycles. The van der Waals surface area contributed by atoms with E-state index in [2.05, 4.69) is 5.32 Å². The lowest BCUT2D eigenvalue weighted by Crippen LogP contribution is -2.51. The van der Waals surface area contributed by atoms with E-state index < -0.39 is 5.97 Å². The van der Waals surface area contributed by atoms with Crippen LogP contribution in [0.25, 0.3) is 5.57 Å². The van der Waals surface area contributed by atoms with E-state index in [-0.39, 0.29) is 18.1 Å². The van der Waals surface area contributed by atoms with Gasteiger partial charge in [0.25, 0.3) is 0 Å². The van der Waals surface area contributed by atoms with Crippen LogP contribution in [0.3, 0.4) is 0 Å². The van der Waals surface area contributed by atoms with Gasteiger partial charge in [0, 0.05) is 11.6 Å². The van der Waals surface area contributed by atoms with Crippen LogP contribution in [0.1, 0.15) is 30.4 Å². The van der Waals surface area contributed by atoms with Crippen molar-refractivity contribution in [3.8, 4) is 11.5 Å². The highest BCUT2D eigenvalue weighted by atomic mass is 16.5. The number of fused-ring (bicyclic) bond motifs is 2. The third-order valence-electron chi connectivity index (χ3n) is 7.08. The SMILES string of the molecule is COC(=O)C1=C(c2ccccc2OCc2ccccc2)C[C@@H]2CC[C@H]1N2C(=O)NCCOc1ccccc1. The molecule has 2 amide bonds. The van der Waals surface area contributed by atoms with Gasteiger partial charge in [-0.25, -0.2) is 9.59 Å². The van der Waals surface area contributed by atoms with Crippen LogP contribution in [0.4, 0.5) is 4.79 Å². The van der Waals surface area contributed by atoms with Gasteiger partial charge in [0.05, 0.1) is 25.3 Å². The molecule has 3 aromatic rings. The lowest BCUT2D eigenvalue weighted by molar-refractivity contribution is -0.136. The number of carbonyl (C=O) groups is 2. The molecule has 0 radical (unpaired) electrons. The Balaban J connectivity index is 1.34. The predicted octanol–water partition coefficient (Wildman–Crippen LogP) is 5.22. The Morgan fingerprint density at radius 1 is 0.895 bits per heavy atom. The average Bonchev–Trinajstić information content (AvgIpc) is 3.28. The Kier molecular flexibility index (Phi) is 7.92. The molecule has 2 bridgehead atoms. The predicted molar refractivity (Wildman–Crippen MR) is 145 cm³/mol. The van der Waals surface area contributed by atoms with E-state index in [4.69, 9.17) is 14.2 Å². The number of hydrogen-bond donors (Lipinski definition) is 1. The van der Waals surface area contributed by atoms with E-state index in [1.807, 2.05) is 89.8 Å². The maximum Gasteiger partial charge on any atom is 0.336 e. The summed E-state index contributed by atoms with van der Waals surface area (Å²) in [6.07, 6.45) is 2.08. The number of carbonyl (C=O) groups excluding carboxylic acids is 2. The zero-order valence-corrected chi connectivity index (χ0v) is 21.5. The number of benzene rings is 3. The van der Waals surface area contributed by atoms with E-state index in [0.29, 0.717) is 43.9 Å². The van der Waals surface area contributed by atoms with E-state index in [1.165, 1.54) is 7.11 Å². The van der Waals surface area contributed by atoms with Crippen molar-refractivity contribution in [3.63, 3.8) is 0 Å². The molecule has 0 aromatic heterocycles. The number of ether oxygens (including phenoxy) is 3. The molecule has 0 unspecified atom stereocenters. The first-order valence-electron chi connectivity index (χ1n) is 13.0. The highest BCUT2D eigenvalue weighted by molar-refractivity contribution is 6.01. The first kappa shape index (κ1) is 25.4. The van der Waals surface area contributed by atoms with Gasteiger partial charge in [-0.15, -0.1) is 0 Å². The smallest absolute Gasteiger partial charge is 0.336 e. The molecule has 1 fully saturated rings. The maximum atomic E-state index is 13.3. The van der Waals surface area contributed by atoms with Gasteiger partial charge in [-0.3, -0.25) is 0 Å². The molecule has 0 spiro atoms. The number of methoxy groups -OCH3 is 1. The van der Waals surface area contributed by atoms with Gasteiger partial charge < -0.3 is 24.4 Å². The quantitative estimate of drug-likeness (QED) is 0.314. The Morgan fingerprint density at radius 2 is 1.61 bits per heavy atom. The number of urea groups is 1. The lowest BCUT2D eigenvalue weighted by atomic mass is 9.88. The normalized spacial score (nSPS) is 18.2. The summed E-state index contributed by atoms with van der Waals surface area (Å²) in [5, 5.41) is 2.97. The number of rotatable bonds is 9. The van der Waals surface area contributed by atoms with Crippen LogP contribution in [0.15, 0.2) is 90.5 Å². The van der Waals surface area contributed by atoms with Crippen molar-refractivity contribution in [2.45, 2.75) is 38.0 Å². The van der Waals surface area contributed by atoms with Crippen LogP contribution >= 0.6 is 0 Å². The topological polar surface area (TPSA) is 77.1 Å². The number of nitrogens with zero attached hydrogens (tertiary/aromatic N) is 1. The second-order valence-corrected chi connectivity index (χ2v) is 9.41. The third kappa shape index (κ3) is 5.52. The molecule has 5 rings (SSSR count). The third-order valence-corrected chi connectivity index (χ3v) is 7.08. The first-order valence-corrected chi connectivity index (χ1v) is 13.0. The van der Waals surface area contributed by atoms with Crippen LogP contribution in [0.2, 0.25) is 0 Å². The molecule has 38 heavy (non-hydrogen) atoms. The molecule has 7 nitrogen and oxygen atoms in total. The van der Waals surface area contributed by atoms with Crippen LogP contribution in [0, 0.1) is 0 Å². The van der Waals surface area contributed by atoms with Gasteiger partial charge in [-0.05, 0) is 48.6 Å². The molecule has 2 aliphatic rings. The van der Waals surface area contributed by atoms with Crippen LogP contribution in [-0.2, 0) is 16.1 Å². The first-order chi connectivity index (χ1) is 18.7. The molecule has 0 saturated carbocycles. The van der Waals surface area contributed by atoms with Gasteiger partial charge in [0.15, 0.2) is 0 Å². The van der Waals surface area contributed by atoms with Crippen molar-refractivity contribution in [3.05, 3.63) is 102 Å². The fourth-order valence-corrected chi connectivity index (χ4v) is 5.36. The number of esters is 1. The van der Waals surface area contributed by atoms with Gasteiger partial charge in [0.1, 0.15) is 24.7 Å². The molecule has 1 N–H and O–H groups in total. The number of hydrogen-bond acceptors (Lipinski definition) is 5. The summed E-state index contributed by atoms with van der Waals surface area (Å²) in [6.45, 7) is 1.14. The molecule has 7 heteroatoms. The highest BCUT2D eigenvalue weighted by Crippen LogP contribution is 2.45. The van der Waals surface area contributed by atoms with Crippen molar-refractivity contribution in [2.75, 3.05) is 20.3 Å². The Morgan fingerprint density at radius 3 is 2.37 bits per heavy atom. The zero-order valence-electron chi connectivity index (χ0n) is 21.5. The Labute approximate surface area is 223 Å². The van der Waals surface area contributed by atoms with E-state index in [1.54, 1.807) is 0 Å². The highest BCUT2D eigenvalue weighted by Gasteiger charge is 2.47. The summed E-state index contributed by atoms with van der Waals surface area (Å²) in [5.74, 6) is 1.06. The van der Waals surface area contributed by atoms with E-state index in [9.17, 15) is 9.59 Å². The van der Waals surface area contributed by atoms with E-state index >= 15 is 0 Å². The summed E-state index contributed by atoms with van der Waals surface area (Å²) in [6, 6.07) is 26.7. The number of nitrogens with one attached hydrogen (secondary N) is 1. The summed E-state index contributed by atoms with van der Waals surface area (Å²) in [7, 11) is 1.39. The van der Waals surface area contributed by atoms with Crippen LogP contribution < -0.4 is 14.8 Å².